The van der Waals surface area contributed by atoms with Crippen LogP contribution >= 0.6 is 23.2 Å². The Labute approximate surface area is 195 Å². The Morgan fingerprint density at radius 2 is 1.59 bits per heavy atom. The maximum absolute atomic E-state index is 12.9. The molecule has 0 unspecified atom stereocenters. The summed E-state index contributed by atoms with van der Waals surface area (Å²) in [6, 6.07) is 14.8. The Balaban J connectivity index is 1.66. The quantitative estimate of drug-likeness (QED) is 0.486. The minimum absolute atomic E-state index is 0.0883. The first kappa shape index (κ1) is 23.4. The summed E-state index contributed by atoms with van der Waals surface area (Å²) in [5, 5.41) is 6.31. The third kappa shape index (κ3) is 5.90. The second kappa shape index (κ2) is 10.3. The van der Waals surface area contributed by atoms with Gasteiger partial charge in [0, 0.05) is 35.4 Å². The van der Waals surface area contributed by atoms with E-state index in [0.29, 0.717) is 39.3 Å². The van der Waals surface area contributed by atoms with Gasteiger partial charge in [-0.05, 0) is 61.5 Å². The molecule has 0 saturated carbocycles. The fraction of sp³-hybridized carbons (Fsp3) is 0.174. The van der Waals surface area contributed by atoms with Crippen molar-refractivity contribution in [3.8, 4) is 11.3 Å². The maximum atomic E-state index is 12.9. The number of halogens is 2. The summed E-state index contributed by atoms with van der Waals surface area (Å²) >= 11 is 12.2. The molecular formula is C23H21Cl2N3O4. The molecule has 0 aliphatic rings. The van der Waals surface area contributed by atoms with Crippen LogP contribution in [0.15, 0.2) is 59.0 Å². The number of nitrogens with zero attached hydrogens (tertiary/aromatic N) is 1. The highest BCUT2D eigenvalue weighted by atomic mass is 35.5. The second-order valence-electron chi connectivity index (χ2n) is 6.91. The summed E-state index contributed by atoms with van der Waals surface area (Å²) in [6.07, 6.45) is 0. The number of likely N-dealkylation sites (N-methyl/N-ethyl adjacent to an activating group) is 1. The number of hydrogen-bond donors (Lipinski definition) is 2. The molecule has 2 aromatic carbocycles. The van der Waals surface area contributed by atoms with Gasteiger partial charge in [-0.1, -0.05) is 23.2 Å². The lowest BCUT2D eigenvalue weighted by Gasteiger charge is -2.19. The first-order valence-electron chi connectivity index (χ1n) is 9.79. The molecule has 32 heavy (non-hydrogen) atoms. The molecule has 1 heterocycles. The van der Waals surface area contributed by atoms with Crippen LogP contribution in [0, 0.1) is 0 Å². The molecule has 0 bridgehead atoms. The minimum atomic E-state index is -0.423. The second-order valence-corrected chi connectivity index (χ2v) is 7.76. The third-order valence-electron chi connectivity index (χ3n) is 4.50. The van der Waals surface area contributed by atoms with E-state index in [1.54, 1.807) is 55.5 Å². The predicted molar refractivity (Wildman–Crippen MR) is 125 cm³/mol. The predicted octanol–water partition coefficient (Wildman–Crippen LogP) is 5.31. The van der Waals surface area contributed by atoms with E-state index in [4.69, 9.17) is 27.6 Å². The monoisotopic (exact) mass is 473 g/mol. The van der Waals surface area contributed by atoms with E-state index in [0.717, 1.165) is 0 Å². The summed E-state index contributed by atoms with van der Waals surface area (Å²) < 4.78 is 5.69. The van der Waals surface area contributed by atoms with Crippen molar-refractivity contribution in [1.82, 2.24) is 4.90 Å². The lowest BCUT2D eigenvalue weighted by atomic mass is 10.2. The Morgan fingerprint density at radius 3 is 2.22 bits per heavy atom. The van der Waals surface area contributed by atoms with Gasteiger partial charge < -0.3 is 20.0 Å². The summed E-state index contributed by atoms with van der Waals surface area (Å²) in [7, 11) is 0. The van der Waals surface area contributed by atoms with Crippen LogP contribution in [0.5, 0.6) is 0 Å². The van der Waals surface area contributed by atoms with Gasteiger partial charge in [0.1, 0.15) is 12.3 Å². The zero-order valence-corrected chi connectivity index (χ0v) is 19.0. The molecule has 3 aromatic rings. The highest BCUT2D eigenvalue weighted by Gasteiger charge is 2.21. The molecule has 0 aliphatic heterocycles. The van der Waals surface area contributed by atoms with Gasteiger partial charge in [0.15, 0.2) is 5.76 Å². The van der Waals surface area contributed by atoms with Gasteiger partial charge in [0.05, 0.1) is 5.02 Å². The van der Waals surface area contributed by atoms with Crippen molar-refractivity contribution in [2.24, 2.45) is 0 Å². The highest BCUT2D eigenvalue weighted by Crippen LogP contribution is 2.32. The van der Waals surface area contributed by atoms with Crippen LogP contribution in [0.1, 0.15) is 24.4 Å². The van der Waals surface area contributed by atoms with Crippen molar-refractivity contribution in [2.45, 2.75) is 13.8 Å². The van der Waals surface area contributed by atoms with E-state index >= 15 is 0 Å². The third-order valence-corrected chi connectivity index (χ3v) is 5.07. The average Bonchev–Trinajstić information content (AvgIpc) is 3.24. The maximum Gasteiger partial charge on any atom is 0.290 e. The Morgan fingerprint density at radius 1 is 0.938 bits per heavy atom. The van der Waals surface area contributed by atoms with Gasteiger partial charge in [-0.3, -0.25) is 14.4 Å². The normalized spacial score (nSPS) is 10.5. The molecule has 1 aromatic heterocycles. The fourth-order valence-electron chi connectivity index (χ4n) is 2.98. The lowest BCUT2D eigenvalue weighted by molar-refractivity contribution is -0.117. The van der Waals surface area contributed by atoms with Crippen LogP contribution < -0.4 is 10.6 Å². The van der Waals surface area contributed by atoms with Crippen LogP contribution in [0.25, 0.3) is 11.3 Å². The van der Waals surface area contributed by atoms with E-state index in [2.05, 4.69) is 10.6 Å². The number of carbonyl (C=O) groups is 3. The number of benzene rings is 2. The molecule has 2 N–H and O–H groups in total. The lowest BCUT2D eigenvalue weighted by Crippen LogP contribution is -2.37. The van der Waals surface area contributed by atoms with E-state index in [-0.39, 0.29) is 24.1 Å². The zero-order chi connectivity index (χ0) is 23.3. The van der Waals surface area contributed by atoms with Crippen molar-refractivity contribution >= 4 is 52.3 Å². The van der Waals surface area contributed by atoms with Gasteiger partial charge in [-0.25, -0.2) is 0 Å². The van der Waals surface area contributed by atoms with Crippen LogP contribution in [-0.2, 0) is 9.59 Å². The molecular weight excluding hydrogens is 453 g/mol. The molecule has 166 valence electrons. The minimum Gasteiger partial charge on any atom is -0.451 e. The smallest absolute Gasteiger partial charge is 0.290 e. The number of furan rings is 1. The number of carbonyl (C=O) groups excluding carboxylic acids is 3. The van der Waals surface area contributed by atoms with Crippen molar-refractivity contribution in [1.29, 1.82) is 0 Å². The molecule has 3 rings (SSSR count). The van der Waals surface area contributed by atoms with Crippen molar-refractivity contribution < 1.29 is 18.8 Å². The summed E-state index contributed by atoms with van der Waals surface area (Å²) in [5.41, 5.74) is 1.74. The molecule has 0 atom stereocenters. The Hall–Kier alpha value is -3.29. The van der Waals surface area contributed by atoms with Crippen molar-refractivity contribution in [3.63, 3.8) is 0 Å². The van der Waals surface area contributed by atoms with Crippen LogP contribution in [-0.4, -0.2) is 35.7 Å². The Kier molecular flexibility index (Phi) is 7.56. The SMILES string of the molecule is CCN(CC(=O)Nc1ccc(NC(C)=O)cc1)C(=O)c1ccc(-c2cc(Cl)ccc2Cl)o1. The van der Waals surface area contributed by atoms with Gasteiger partial charge in [0.2, 0.25) is 11.8 Å². The molecule has 0 saturated heterocycles. The Bertz CT molecular complexity index is 1140. The van der Waals surface area contributed by atoms with Gasteiger partial charge in [-0.15, -0.1) is 0 Å². The summed E-state index contributed by atoms with van der Waals surface area (Å²) in [5.74, 6) is -0.478. The van der Waals surface area contributed by atoms with Crippen molar-refractivity contribution in [3.05, 3.63) is 70.4 Å². The molecule has 7 nitrogen and oxygen atoms in total. The number of anilines is 2. The highest BCUT2D eigenvalue weighted by molar-refractivity contribution is 6.35. The molecule has 3 amide bonds. The van der Waals surface area contributed by atoms with E-state index < -0.39 is 5.91 Å². The van der Waals surface area contributed by atoms with E-state index in [9.17, 15) is 14.4 Å². The summed E-state index contributed by atoms with van der Waals surface area (Å²) in [4.78, 5) is 37.8. The molecule has 0 radical (unpaired) electrons. The van der Waals surface area contributed by atoms with Crippen molar-refractivity contribution in [2.75, 3.05) is 23.7 Å². The first-order chi connectivity index (χ1) is 15.3. The van der Waals surface area contributed by atoms with Gasteiger partial charge in [0.25, 0.3) is 5.91 Å². The topological polar surface area (TPSA) is 91.7 Å². The van der Waals surface area contributed by atoms with Gasteiger partial charge >= 0.3 is 0 Å². The average molecular weight is 474 g/mol. The molecule has 0 spiro atoms. The molecule has 0 aliphatic carbocycles. The first-order valence-corrected chi connectivity index (χ1v) is 10.5. The number of rotatable bonds is 7. The number of nitrogens with one attached hydrogen (secondary N) is 2. The fourth-order valence-corrected chi connectivity index (χ4v) is 3.36. The van der Waals surface area contributed by atoms with E-state index in [1.807, 2.05) is 0 Å². The molecule has 0 fully saturated rings. The van der Waals surface area contributed by atoms with Crippen LogP contribution in [0.3, 0.4) is 0 Å². The van der Waals surface area contributed by atoms with E-state index in [1.165, 1.54) is 17.9 Å². The molecule has 9 heteroatoms. The zero-order valence-electron chi connectivity index (χ0n) is 17.4. The van der Waals surface area contributed by atoms with Crippen LogP contribution in [0.2, 0.25) is 10.0 Å². The largest absolute Gasteiger partial charge is 0.451 e. The summed E-state index contributed by atoms with van der Waals surface area (Å²) in [6.45, 7) is 3.33. The number of hydrogen-bond acceptors (Lipinski definition) is 4. The van der Waals surface area contributed by atoms with Crippen LogP contribution in [0.4, 0.5) is 11.4 Å². The van der Waals surface area contributed by atoms with Gasteiger partial charge in [-0.2, -0.15) is 0 Å². The number of amides is 3. The standard InChI is InChI=1S/C23H21Cl2N3O4/c1-3-28(13-22(30)27-17-7-5-16(6-8-17)26-14(2)29)23(31)21-11-10-20(32-21)18-12-15(24)4-9-19(18)25/h4-12H,3,13H2,1-2H3,(H,26,29)(H,27,30).